The van der Waals surface area contributed by atoms with Crippen LogP contribution in [0.2, 0.25) is 5.02 Å². The molecule has 0 fully saturated rings. The van der Waals surface area contributed by atoms with E-state index >= 15 is 0 Å². The number of amides is 2. The number of likely N-dealkylation sites (N-methyl/N-ethyl adjacent to an activating group) is 1. The molecule has 2 amide bonds. The van der Waals surface area contributed by atoms with Crippen LogP contribution >= 0.6 is 11.6 Å². The Labute approximate surface area is 265 Å². The van der Waals surface area contributed by atoms with Crippen LogP contribution in [0.15, 0.2) is 108 Å². The second-order valence-electron chi connectivity index (χ2n) is 10.6. The lowest BCUT2D eigenvalue weighted by atomic mass is 10.0. The molecule has 0 bridgehead atoms. The van der Waals surface area contributed by atoms with Gasteiger partial charge in [0.05, 0.1) is 10.6 Å². The molecular formula is C35H38ClN3O4S. The summed E-state index contributed by atoms with van der Waals surface area (Å²) in [5, 5.41) is 3.37. The molecular weight excluding hydrogens is 594 g/mol. The van der Waals surface area contributed by atoms with Crippen molar-refractivity contribution in [2.24, 2.45) is 0 Å². The molecule has 0 heterocycles. The number of para-hydroxylation sites is 1. The van der Waals surface area contributed by atoms with Gasteiger partial charge in [-0.1, -0.05) is 96.9 Å². The zero-order valence-corrected chi connectivity index (χ0v) is 26.8. The Hall–Kier alpha value is -4.14. The van der Waals surface area contributed by atoms with Crippen LogP contribution < -0.4 is 9.62 Å². The highest BCUT2D eigenvalue weighted by atomic mass is 35.5. The van der Waals surface area contributed by atoms with Gasteiger partial charge in [0.1, 0.15) is 12.6 Å². The largest absolute Gasteiger partial charge is 0.355 e. The van der Waals surface area contributed by atoms with E-state index in [-0.39, 0.29) is 23.8 Å². The number of carbonyl (C=O) groups is 2. The lowest BCUT2D eigenvalue weighted by molar-refractivity contribution is -0.140. The van der Waals surface area contributed by atoms with E-state index in [1.165, 1.54) is 9.21 Å². The number of carbonyl (C=O) groups excluding carboxylic acids is 2. The molecule has 9 heteroatoms. The fraction of sp³-hybridized carbons (Fsp3) is 0.257. The smallest absolute Gasteiger partial charge is 0.264 e. The molecule has 7 nitrogen and oxygen atoms in total. The number of nitrogens with one attached hydrogen (secondary N) is 1. The predicted octanol–water partition coefficient (Wildman–Crippen LogP) is 6.18. The maximum absolute atomic E-state index is 14.5. The monoisotopic (exact) mass is 631 g/mol. The van der Waals surface area contributed by atoms with E-state index in [0.29, 0.717) is 23.7 Å². The normalized spacial score (nSPS) is 11.9. The maximum Gasteiger partial charge on any atom is 0.264 e. The van der Waals surface area contributed by atoms with Crippen molar-refractivity contribution < 1.29 is 18.0 Å². The van der Waals surface area contributed by atoms with Crippen LogP contribution in [0, 0.1) is 6.92 Å². The average Bonchev–Trinajstić information content (AvgIpc) is 3.02. The van der Waals surface area contributed by atoms with Gasteiger partial charge in [0.2, 0.25) is 11.8 Å². The van der Waals surface area contributed by atoms with Gasteiger partial charge in [0.25, 0.3) is 10.0 Å². The van der Waals surface area contributed by atoms with Crippen LogP contribution in [0.4, 0.5) is 5.69 Å². The number of hydrogen-bond acceptors (Lipinski definition) is 4. The number of nitrogens with zero attached hydrogens (tertiary/aromatic N) is 2. The molecule has 0 saturated carbocycles. The second kappa shape index (κ2) is 15.0. The molecule has 0 saturated heterocycles. The topological polar surface area (TPSA) is 86.8 Å². The molecule has 0 aliphatic carbocycles. The standard InChI is InChI=1S/C35H38ClN3O4S/c1-4-29-15-9-10-17-32(29)39(44(42,43)31-20-18-26(3)19-21-31)25-34(40)38(24-28-14-11-16-30(36)22-28)33(35(41)37-5-2)23-27-12-7-6-8-13-27/h6-22,33H,4-5,23-25H2,1-3H3,(H,37,41). The Kier molecular flexibility index (Phi) is 11.2. The Bertz CT molecular complexity index is 1680. The summed E-state index contributed by atoms with van der Waals surface area (Å²) in [4.78, 5) is 29.6. The van der Waals surface area contributed by atoms with E-state index in [2.05, 4.69) is 5.32 Å². The number of benzene rings is 4. The second-order valence-corrected chi connectivity index (χ2v) is 12.9. The number of halogens is 1. The zero-order chi connectivity index (χ0) is 31.7. The van der Waals surface area contributed by atoms with Crippen molar-refractivity contribution in [2.45, 2.75) is 51.1 Å². The van der Waals surface area contributed by atoms with Crippen molar-refractivity contribution in [3.63, 3.8) is 0 Å². The highest BCUT2D eigenvalue weighted by molar-refractivity contribution is 7.92. The molecule has 0 aliphatic rings. The lowest BCUT2D eigenvalue weighted by Crippen LogP contribution is -2.53. The fourth-order valence-electron chi connectivity index (χ4n) is 5.08. The van der Waals surface area contributed by atoms with Gasteiger partial charge in [0, 0.05) is 24.5 Å². The van der Waals surface area contributed by atoms with Crippen LogP contribution in [-0.4, -0.2) is 44.3 Å². The van der Waals surface area contributed by atoms with Crippen molar-refractivity contribution in [1.82, 2.24) is 10.2 Å². The van der Waals surface area contributed by atoms with Gasteiger partial charge < -0.3 is 10.2 Å². The van der Waals surface area contributed by atoms with E-state index in [1.54, 1.807) is 54.6 Å². The van der Waals surface area contributed by atoms with Crippen molar-refractivity contribution >= 4 is 39.1 Å². The highest BCUT2D eigenvalue weighted by Gasteiger charge is 2.35. The lowest BCUT2D eigenvalue weighted by Gasteiger charge is -2.34. The number of sulfonamides is 1. The minimum Gasteiger partial charge on any atom is -0.355 e. The van der Waals surface area contributed by atoms with Crippen LogP contribution in [-0.2, 0) is 39.0 Å². The number of anilines is 1. The van der Waals surface area contributed by atoms with E-state index < -0.39 is 28.5 Å². The molecule has 1 unspecified atom stereocenters. The summed E-state index contributed by atoms with van der Waals surface area (Å²) in [7, 11) is -4.16. The van der Waals surface area contributed by atoms with E-state index in [9.17, 15) is 18.0 Å². The van der Waals surface area contributed by atoms with Gasteiger partial charge in [-0.05, 0) is 67.3 Å². The highest BCUT2D eigenvalue weighted by Crippen LogP contribution is 2.29. The Balaban J connectivity index is 1.82. The average molecular weight is 632 g/mol. The van der Waals surface area contributed by atoms with Gasteiger partial charge >= 0.3 is 0 Å². The molecule has 0 aliphatic heterocycles. The molecule has 1 atom stereocenters. The molecule has 0 spiro atoms. The first-order chi connectivity index (χ1) is 21.1. The van der Waals surface area contributed by atoms with E-state index in [1.807, 2.05) is 69.3 Å². The van der Waals surface area contributed by atoms with E-state index in [4.69, 9.17) is 11.6 Å². The van der Waals surface area contributed by atoms with Crippen molar-refractivity contribution in [3.05, 3.63) is 130 Å². The molecule has 0 aromatic heterocycles. The SMILES string of the molecule is CCNC(=O)C(Cc1ccccc1)N(Cc1cccc(Cl)c1)C(=O)CN(c1ccccc1CC)S(=O)(=O)c1ccc(C)cc1. The molecule has 230 valence electrons. The predicted molar refractivity (Wildman–Crippen MR) is 176 cm³/mol. The molecule has 4 aromatic rings. The van der Waals surface area contributed by atoms with Gasteiger partial charge in [0.15, 0.2) is 0 Å². The molecule has 44 heavy (non-hydrogen) atoms. The Morgan fingerprint density at radius 1 is 0.841 bits per heavy atom. The maximum atomic E-state index is 14.5. The minimum absolute atomic E-state index is 0.0574. The quantitative estimate of drug-likeness (QED) is 0.191. The molecule has 4 rings (SSSR count). The third-order valence-electron chi connectivity index (χ3n) is 7.39. The molecule has 1 N–H and O–H groups in total. The van der Waals surface area contributed by atoms with Crippen molar-refractivity contribution in [3.8, 4) is 0 Å². The minimum atomic E-state index is -4.16. The summed E-state index contributed by atoms with van der Waals surface area (Å²) in [6.07, 6.45) is 0.807. The van der Waals surface area contributed by atoms with Gasteiger partial charge in [-0.2, -0.15) is 0 Å². The van der Waals surface area contributed by atoms with Crippen LogP contribution in [0.3, 0.4) is 0 Å². The first kappa shape index (κ1) is 32.8. The summed E-state index contributed by atoms with van der Waals surface area (Å²) < 4.78 is 29.6. The fourth-order valence-corrected chi connectivity index (χ4v) is 6.75. The van der Waals surface area contributed by atoms with Crippen LogP contribution in [0.5, 0.6) is 0 Å². The van der Waals surface area contributed by atoms with Crippen LogP contribution in [0.25, 0.3) is 0 Å². The zero-order valence-electron chi connectivity index (χ0n) is 25.2. The van der Waals surface area contributed by atoms with Gasteiger partial charge in [-0.3, -0.25) is 13.9 Å². The van der Waals surface area contributed by atoms with Crippen molar-refractivity contribution in [1.29, 1.82) is 0 Å². The van der Waals surface area contributed by atoms with Crippen molar-refractivity contribution in [2.75, 3.05) is 17.4 Å². The number of rotatable bonds is 13. The first-order valence-corrected chi connectivity index (χ1v) is 16.5. The third-order valence-corrected chi connectivity index (χ3v) is 9.40. The van der Waals surface area contributed by atoms with Gasteiger partial charge in [-0.25, -0.2) is 8.42 Å². The number of aryl methyl sites for hydroxylation is 2. The Morgan fingerprint density at radius 3 is 2.16 bits per heavy atom. The Morgan fingerprint density at radius 2 is 1.50 bits per heavy atom. The van der Waals surface area contributed by atoms with E-state index in [0.717, 1.165) is 22.3 Å². The molecule has 4 aromatic carbocycles. The summed E-state index contributed by atoms with van der Waals surface area (Å²) in [5.41, 5.74) is 3.70. The summed E-state index contributed by atoms with van der Waals surface area (Å²) in [6, 6.07) is 29.4. The first-order valence-electron chi connectivity index (χ1n) is 14.7. The molecule has 0 radical (unpaired) electrons. The third kappa shape index (κ3) is 8.07. The summed E-state index contributed by atoms with van der Waals surface area (Å²) in [5.74, 6) is -0.840. The van der Waals surface area contributed by atoms with Gasteiger partial charge in [-0.15, -0.1) is 0 Å². The number of hydrogen-bond donors (Lipinski definition) is 1. The summed E-state index contributed by atoms with van der Waals surface area (Å²) >= 11 is 6.30. The van der Waals surface area contributed by atoms with Crippen LogP contribution in [0.1, 0.15) is 36.1 Å². The summed E-state index contributed by atoms with van der Waals surface area (Å²) in [6.45, 7) is 5.57.